The molecule has 1 N–H and O–H groups in total. The number of aliphatic hydroxyl groups is 1. The number of amides is 1. The quantitative estimate of drug-likeness (QED) is 0.889. The van der Waals surface area contributed by atoms with Crippen molar-refractivity contribution in [3.05, 3.63) is 29.8 Å². The summed E-state index contributed by atoms with van der Waals surface area (Å²) in [4.78, 5) is 15.9. The number of rotatable bonds is 3. The summed E-state index contributed by atoms with van der Waals surface area (Å²) in [6.45, 7) is 1.04. The van der Waals surface area contributed by atoms with Gasteiger partial charge in [0.1, 0.15) is 17.7 Å². The molecule has 1 heterocycles. The molecular weight excluding hydrogens is 342 g/mol. The molecule has 1 aliphatic carbocycles. The highest BCUT2D eigenvalue weighted by molar-refractivity contribution is 5.68. The number of piperidine rings is 1. The van der Waals surface area contributed by atoms with Gasteiger partial charge >= 0.3 is 6.09 Å². The van der Waals surface area contributed by atoms with E-state index in [0.29, 0.717) is 31.6 Å². The van der Waals surface area contributed by atoms with Crippen molar-refractivity contribution in [3.63, 3.8) is 0 Å². The minimum absolute atomic E-state index is 0.0835. The van der Waals surface area contributed by atoms with E-state index >= 15 is 0 Å². The summed E-state index contributed by atoms with van der Waals surface area (Å²) in [5.74, 6) is -1.21. The molecule has 1 atom stereocenters. The number of halogens is 2. The lowest BCUT2D eigenvalue weighted by Crippen LogP contribution is -2.45. The van der Waals surface area contributed by atoms with Crippen LogP contribution in [0.3, 0.4) is 0 Å². The minimum Gasteiger partial charge on any atom is -0.444 e. The molecule has 1 aromatic rings. The number of hydrogen-bond donors (Lipinski definition) is 1. The first-order valence-corrected chi connectivity index (χ1v) is 9.25. The predicted molar refractivity (Wildman–Crippen MR) is 94.1 cm³/mol. The van der Waals surface area contributed by atoms with E-state index in [9.17, 15) is 18.7 Å². The van der Waals surface area contributed by atoms with Crippen LogP contribution in [0.4, 0.5) is 19.3 Å². The molecule has 1 aromatic carbocycles. The monoisotopic (exact) mass is 368 g/mol. The maximum absolute atomic E-state index is 14.0. The smallest absolute Gasteiger partial charge is 0.410 e. The number of benzene rings is 1. The fraction of sp³-hybridized carbons (Fsp3) is 0.632. The number of nitrogens with zero attached hydrogens (tertiary/aromatic N) is 2. The first-order valence-electron chi connectivity index (χ1n) is 9.25. The van der Waals surface area contributed by atoms with Gasteiger partial charge in [-0.1, -0.05) is 0 Å². The van der Waals surface area contributed by atoms with E-state index in [2.05, 4.69) is 0 Å². The molecular formula is C19H26F2N2O3. The number of aliphatic hydroxyl groups excluding tert-OH is 1. The van der Waals surface area contributed by atoms with Gasteiger partial charge in [-0.05, 0) is 50.7 Å². The highest BCUT2D eigenvalue weighted by Gasteiger charge is 2.30. The fourth-order valence-electron chi connectivity index (χ4n) is 3.81. The summed E-state index contributed by atoms with van der Waals surface area (Å²) in [6.07, 6.45) is 3.46. The molecule has 1 aliphatic heterocycles. The van der Waals surface area contributed by atoms with E-state index in [1.54, 1.807) is 16.8 Å². The first kappa shape index (κ1) is 18.9. The van der Waals surface area contributed by atoms with E-state index in [1.165, 1.54) is 12.1 Å². The lowest BCUT2D eigenvalue weighted by Gasteiger charge is -2.37. The molecule has 1 saturated heterocycles. The molecule has 26 heavy (non-hydrogen) atoms. The van der Waals surface area contributed by atoms with Crippen LogP contribution in [0.2, 0.25) is 0 Å². The Hall–Kier alpha value is -1.89. The predicted octanol–water partition coefficient (Wildman–Crippen LogP) is 3.31. The van der Waals surface area contributed by atoms with Crippen LogP contribution < -0.4 is 4.90 Å². The van der Waals surface area contributed by atoms with Gasteiger partial charge in [0.15, 0.2) is 0 Å². The second kappa shape index (κ2) is 8.20. The van der Waals surface area contributed by atoms with Gasteiger partial charge < -0.3 is 19.6 Å². The Morgan fingerprint density at radius 2 is 1.96 bits per heavy atom. The van der Waals surface area contributed by atoms with Crippen molar-refractivity contribution < 1.29 is 23.4 Å². The average Bonchev–Trinajstić information content (AvgIpc) is 2.62. The topological polar surface area (TPSA) is 53.0 Å². The van der Waals surface area contributed by atoms with Gasteiger partial charge in [0, 0.05) is 25.7 Å². The maximum atomic E-state index is 14.0. The van der Waals surface area contributed by atoms with Crippen molar-refractivity contribution in [1.29, 1.82) is 0 Å². The van der Waals surface area contributed by atoms with Crippen LogP contribution in [-0.4, -0.2) is 54.5 Å². The number of carbonyl (C=O) groups is 1. The van der Waals surface area contributed by atoms with Crippen LogP contribution in [0, 0.1) is 11.6 Å². The van der Waals surface area contributed by atoms with Crippen LogP contribution in [0.25, 0.3) is 0 Å². The molecule has 0 radical (unpaired) electrons. The molecule has 0 bridgehead atoms. The lowest BCUT2D eigenvalue weighted by molar-refractivity contribution is 0.0362. The van der Waals surface area contributed by atoms with Crippen LogP contribution >= 0.6 is 0 Å². The standard InChI is InChI=1S/C19H26F2N2O3/c1-22(14-5-7-15(24)8-6-14)19(25)26-16-3-2-10-23(12-16)18-9-4-13(20)11-17(18)21/h4,9,11,14-16,24H,2-3,5-8,10,12H2,1H3. The Kier molecular flexibility index (Phi) is 5.96. The van der Waals surface area contributed by atoms with E-state index in [0.717, 1.165) is 31.7 Å². The molecule has 7 heteroatoms. The molecule has 2 aliphatic rings. The zero-order chi connectivity index (χ0) is 18.7. The van der Waals surface area contributed by atoms with Gasteiger partial charge in [-0.25, -0.2) is 13.6 Å². The average molecular weight is 368 g/mol. The number of hydrogen-bond acceptors (Lipinski definition) is 4. The van der Waals surface area contributed by atoms with Gasteiger partial charge in [0.05, 0.1) is 18.3 Å². The molecule has 0 spiro atoms. The van der Waals surface area contributed by atoms with E-state index in [4.69, 9.17) is 4.74 Å². The van der Waals surface area contributed by atoms with Crippen molar-refractivity contribution in [1.82, 2.24) is 4.90 Å². The van der Waals surface area contributed by atoms with Crippen LogP contribution in [0.5, 0.6) is 0 Å². The largest absolute Gasteiger partial charge is 0.444 e. The highest BCUT2D eigenvalue weighted by atomic mass is 19.1. The van der Waals surface area contributed by atoms with E-state index in [-0.39, 0.29) is 24.3 Å². The molecule has 1 saturated carbocycles. The number of anilines is 1. The van der Waals surface area contributed by atoms with Crippen molar-refractivity contribution in [3.8, 4) is 0 Å². The third kappa shape index (κ3) is 4.44. The third-order valence-electron chi connectivity index (χ3n) is 5.40. The molecule has 3 rings (SSSR count). The van der Waals surface area contributed by atoms with Gasteiger partial charge in [-0.15, -0.1) is 0 Å². The Bertz CT molecular complexity index is 635. The molecule has 5 nitrogen and oxygen atoms in total. The summed E-state index contributed by atoms with van der Waals surface area (Å²) in [5.41, 5.74) is 0.335. The molecule has 0 aromatic heterocycles. The zero-order valence-electron chi connectivity index (χ0n) is 15.0. The summed E-state index contributed by atoms with van der Waals surface area (Å²) in [6, 6.07) is 3.62. The third-order valence-corrected chi connectivity index (χ3v) is 5.40. The second-order valence-corrected chi connectivity index (χ2v) is 7.26. The molecule has 2 fully saturated rings. The molecule has 1 unspecified atom stereocenters. The van der Waals surface area contributed by atoms with E-state index < -0.39 is 11.6 Å². The van der Waals surface area contributed by atoms with Gasteiger partial charge in [-0.2, -0.15) is 0 Å². The van der Waals surface area contributed by atoms with Gasteiger partial charge in [0.25, 0.3) is 0 Å². The SMILES string of the molecule is CN(C(=O)OC1CCCN(c2ccc(F)cc2F)C1)C1CCC(O)CC1. The van der Waals surface area contributed by atoms with Crippen LogP contribution in [0.1, 0.15) is 38.5 Å². The minimum atomic E-state index is -0.606. The summed E-state index contributed by atoms with van der Waals surface area (Å²) in [5, 5.41) is 9.59. The molecule has 144 valence electrons. The summed E-state index contributed by atoms with van der Waals surface area (Å²) < 4.78 is 32.7. The number of carbonyl (C=O) groups excluding carboxylic acids is 1. The van der Waals surface area contributed by atoms with Crippen molar-refractivity contribution in [2.24, 2.45) is 0 Å². The Morgan fingerprint density at radius 3 is 2.65 bits per heavy atom. The first-order chi connectivity index (χ1) is 12.4. The number of ether oxygens (including phenoxy) is 1. The lowest BCUT2D eigenvalue weighted by atomic mass is 9.92. The Morgan fingerprint density at radius 1 is 1.23 bits per heavy atom. The van der Waals surface area contributed by atoms with Crippen LogP contribution in [0.15, 0.2) is 18.2 Å². The van der Waals surface area contributed by atoms with Crippen molar-refractivity contribution in [2.75, 3.05) is 25.0 Å². The Balaban J connectivity index is 1.56. The van der Waals surface area contributed by atoms with Crippen LogP contribution in [-0.2, 0) is 4.74 Å². The van der Waals surface area contributed by atoms with E-state index in [1.807, 2.05) is 0 Å². The zero-order valence-corrected chi connectivity index (χ0v) is 15.0. The van der Waals surface area contributed by atoms with Crippen molar-refractivity contribution in [2.45, 2.75) is 56.8 Å². The maximum Gasteiger partial charge on any atom is 0.410 e. The van der Waals surface area contributed by atoms with Crippen molar-refractivity contribution >= 4 is 11.8 Å². The fourth-order valence-corrected chi connectivity index (χ4v) is 3.81. The Labute approximate surface area is 152 Å². The molecule has 1 amide bonds. The summed E-state index contributed by atoms with van der Waals surface area (Å²) >= 11 is 0. The van der Waals surface area contributed by atoms with Gasteiger partial charge in [0.2, 0.25) is 0 Å². The highest BCUT2D eigenvalue weighted by Crippen LogP contribution is 2.26. The normalized spacial score (nSPS) is 26.5. The second-order valence-electron chi connectivity index (χ2n) is 7.26. The summed E-state index contributed by atoms with van der Waals surface area (Å²) in [7, 11) is 1.73. The van der Waals surface area contributed by atoms with Gasteiger partial charge in [-0.3, -0.25) is 0 Å².